The summed E-state index contributed by atoms with van der Waals surface area (Å²) in [5.74, 6) is -0.500. The van der Waals surface area contributed by atoms with Crippen LogP contribution in [0.4, 0.5) is 5.82 Å². The maximum atomic E-state index is 12.6. The lowest BCUT2D eigenvalue weighted by molar-refractivity contribution is -0.123. The molecule has 0 unspecified atom stereocenters. The molecule has 26 heavy (non-hydrogen) atoms. The van der Waals surface area contributed by atoms with E-state index in [1.54, 1.807) is 6.07 Å². The highest BCUT2D eigenvalue weighted by molar-refractivity contribution is 6.24. The Kier molecular flexibility index (Phi) is 4.04. The minimum atomic E-state index is -0.278. The van der Waals surface area contributed by atoms with Gasteiger partial charge in [-0.25, -0.2) is 0 Å². The summed E-state index contributed by atoms with van der Waals surface area (Å²) >= 11 is 0. The monoisotopic (exact) mass is 353 g/mol. The molecule has 2 aromatic rings. The molecule has 8 nitrogen and oxygen atoms in total. The largest absolute Gasteiger partial charge is 0.369 e. The molecule has 0 atom stereocenters. The number of nitrogens with two attached hydrogens (primary N) is 1. The van der Waals surface area contributed by atoms with Gasteiger partial charge in [0.25, 0.3) is 0 Å². The molecule has 0 radical (unpaired) electrons. The third kappa shape index (κ3) is 2.78. The molecule has 1 aromatic carbocycles. The van der Waals surface area contributed by atoms with Crippen LogP contribution in [0.15, 0.2) is 24.3 Å². The van der Waals surface area contributed by atoms with E-state index in [4.69, 9.17) is 5.73 Å². The molecule has 1 saturated heterocycles. The maximum absolute atomic E-state index is 12.6. The van der Waals surface area contributed by atoms with E-state index in [1.165, 1.54) is 0 Å². The lowest BCUT2D eigenvalue weighted by Gasteiger charge is -2.29. The number of anilines is 1. The molecule has 0 spiro atoms. The molecule has 134 valence electrons. The van der Waals surface area contributed by atoms with Crippen LogP contribution in [0.2, 0.25) is 0 Å². The van der Waals surface area contributed by atoms with Gasteiger partial charge in [-0.15, -0.1) is 0 Å². The van der Waals surface area contributed by atoms with Crippen LogP contribution in [0.3, 0.4) is 0 Å². The van der Waals surface area contributed by atoms with Gasteiger partial charge in [-0.2, -0.15) is 5.10 Å². The third-order valence-corrected chi connectivity index (χ3v) is 5.05. The van der Waals surface area contributed by atoms with E-state index in [-0.39, 0.29) is 35.9 Å². The molecule has 0 bridgehead atoms. The van der Waals surface area contributed by atoms with Gasteiger partial charge < -0.3 is 11.1 Å². The van der Waals surface area contributed by atoms with Crippen molar-refractivity contribution in [2.45, 2.75) is 12.8 Å². The molecule has 0 saturated carbocycles. The van der Waals surface area contributed by atoms with Gasteiger partial charge in [0.05, 0.1) is 17.8 Å². The number of primary amides is 1. The quantitative estimate of drug-likeness (QED) is 0.639. The molecule has 2 heterocycles. The number of piperidine rings is 1. The predicted octanol–water partition coefficient (Wildman–Crippen LogP) is 0.757. The Hall–Kier alpha value is -3.00. The van der Waals surface area contributed by atoms with E-state index in [2.05, 4.69) is 15.5 Å². The zero-order chi connectivity index (χ0) is 18.3. The summed E-state index contributed by atoms with van der Waals surface area (Å²) in [6, 6.07) is 7.28. The highest BCUT2D eigenvalue weighted by atomic mass is 16.2. The van der Waals surface area contributed by atoms with Gasteiger partial charge in [0.1, 0.15) is 0 Å². The molecule has 1 aliphatic carbocycles. The van der Waals surface area contributed by atoms with Crippen molar-refractivity contribution in [2.75, 3.05) is 25.0 Å². The molecule has 1 fully saturated rings. The van der Waals surface area contributed by atoms with E-state index < -0.39 is 0 Å². The fourth-order valence-electron chi connectivity index (χ4n) is 3.63. The molecule has 8 heteroatoms. The van der Waals surface area contributed by atoms with Gasteiger partial charge in [-0.3, -0.25) is 24.4 Å². The Labute approximate surface area is 149 Å². The first kappa shape index (κ1) is 16.5. The van der Waals surface area contributed by atoms with Gasteiger partial charge in [0, 0.05) is 17.0 Å². The summed E-state index contributed by atoms with van der Waals surface area (Å²) in [5.41, 5.74) is 7.79. The first-order chi connectivity index (χ1) is 12.5. The standard InChI is InChI=1S/C18H19N5O3/c19-17(26)10-5-7-23(8-6-10)9-13(24)20-18-14-15(21-22-18)11-3-1-2-4-12(11)16(14)25/h1-4,10H,5-9H2,(H2,19,26)(H2,20,21,22,24). The maximum Gasteiger partial charge on any atom is 0.239 e. The van der Waals surface area contributed by atoms with Gasteiger partial charge in [-0.05, 0) is 25.9 Å². The molecule has 2 aliphatic rings. The number of rotatable bonds is 4. The van der Waals surface area contributed by atoms with Crippen LogP contribution >= 0.6 is 0 Å². The lowest BCUT2D eigenvalue weighted by Crippen LogP contribution is -2.42. The number of ketones is 1. The number of benzene rings is 1. The summed E-state index contributed by atoms with van der Waals surface area (Å²) in [4.78, 5) is 38.1. The van der Waals surface area contributed by atoms with Crippen molar-refractivity contribution in [2.24, 2.45) is 11.7 Å². The highest BCUT2D eigenvalue weighted by Crippen LogP contribution is 2.38. The number of aromatic amines is 1. The number of fused-ring (bicyclic) bond motifs is 3. The van der Waals surface area contributed by atoms with Crippen molar-refractivity contribution in [1.82, 2.24) is 15.1 Å². The zero-order valence-corrected chi connectivity index (χ0v) is 14.1. The van der Waals surface area contributed by atoms with Crippen molar-refractivity contribution >= 4 is 23.4 Å². The van der Waals surface area contributed by atoms with E-state index in [9.17, 15) is 14.4 Å². The van der Waals surface area contributed by atoms with Crippen LogP contribution in [0.1, 0.15) is 28.8 Å². The molecule has 4 rings (SSSR count). The van der Waals surface area contributed by atoms with Crippen LogP contribution in [-0.2, 0) is 9.59 Å². The SMILES string of the molecule is NC(=O)C1CCN(CC(=O)Nc2n[nH]c3c2C(=O)c2ccccc2-3)CC1. The Morgan fingerprint density at radius 1 is 1.23 bits per heavy atom. The summed E-state index contributed by atoms with van der Waals surface area (Å²) in [6.45, 7) is 1.47. The second-order valence-corrected chi connectivity index (χ2v) is 6.70. The van der Waals surface area contributed by atoms with E-state index >= 15 is 0 Å². The number of nitrogens with zero attached hydrogens (tertiary/aromatic N) is 2. The Morgan fingerprint density at radius 3 is 2.62 bits per heavy atom. The Morgan fingerprint density at radius 2 is 1.92 bits per heavy atom. The summed E-state index contributed by atoms with van der Waals surface area (Å²) in [5, 5.41) is 9.68. The number of hydrogen-bond donors (Lipinski definition) is 3. The third-order valence-electron chi connectivity index (χ3n) is 5.05. The fourth-order valence-corrected chi connectivity index (χ4v) is 3.63. The van der Waals surface area contributed by atoms with Crippen LogP contribution in [-0.4, -0.2) is 52.3 Å². The first-order valence-corrected chi connectivity index (χ1v) is 8.58. The first-order valence-electron chi connectivity index (χ1n) is 8.58. The van der Waals surface area contributed by atoms with Crippen LogP contribution in [0, 0.1) is 5.92 Å². The van der Waals surface area contributed by atoms with Crippen molar-refractivity contribution in [3.05, 3.63) is 35.4 Å². The number of H-pyrrole nitrogens is 1. The molecule has 4 N–H and O–H groups in total. The summed E-state index contributed by atoms with van der Waals surface area (Å²) in [6.07, 6.45) is 1.32. The van der Waals surface area contributed by atoms with Crippen LogP contribution < -0.4 is 11.1 Å². The average molecular weight is 353 g/mol. The van der Waals surface area contributed by atoms with E-state index in [0.29, 0.717) is 42.8 Å². The normalized spacial score (nSPS) is 17.0. The second-order valence-electron chi connectivity index (χ2n) is 6.70. The van der Waals surface area contributed by atoms with Crippen LogP contribution in [0.5, 0.6) is 0 Å². The number of amides is 2. The number of carbonyl (C=O) groups excluding carboxylic acids is 3. The molecular weight excluding hydrogens is 334 g/mol. The Bertz CT molecular complexity index is 896. The van der Waals surface area contributed by atoms with Crippen molar-refractivity contribution < 1.29 is 14.4 Å². The zero-order valence-electron chi connectivity index (χ0n) is 14.1. The fraction of sp³-hybridized carbons (Fsp3) is 0.333. The van der Waals surface area contributed by atoms with E-state index in [1.807, 2.05) is 23.1 Å². The number of aromatic nitrogens is 2. The molecule has 1 aliphatic heterocycles. The topological polar surface area (TPSA) is 121 Å². The lowest BCUT2D eigenvalue weighted by atomic mass is 9.96. The summed E-state index contributed by atoms with van der Waals surface area (Å²) < 4.78 is 0. The van der Waals surface area contributed by atoms with Crippen molar-refractivity contribution in [3.63, 3.8) is 0 Å². The van der Waals surface area contributed by atoms with E-state index in [0.717, 1.165) is 5.56 Å². The summed E-state index contributed by atoms with van der Waals surface area (Å²) in [7, 11) is 0. The Balaban J connectivity index is 1.42. The number of nitrogens with one attached hydrogen (secondary N) is 2. The van der Waals surface area contributed by atoms with Crippen molar-refractivity contribution in [3.8, 4) is 11.3 Å². The van der Waals surface area contributed by atoms with Gasteiger partial charge in [-0.1, -0.05) is 24.3 Å². The number of carbonyl (C=O) groups is 3. The van der Waals surface area contributed by atoms with Gasteiger partial charge in [0.2, 0.25) is 11.8 Å². The predicted molar refractivity (Wildman–Crippen MR) is 94.4 cm³/mol. The minimum Gasteiger partial charge on any atom is -0.369 e. The molecule has 2 amide bonds. The average Bonchev–Trinajstić information content (AvgIpc) is 3.16. The molecule has 1 aromatic heterocycles. The number of hydrogen-bond acceptors (Lipinski definition) is 5. The highest BCUT2D eigenvalue weighted by Gasteiger charge is 2.32. The second kappa shape index (κ2) is 6.38. The smallest absolute Gasteiger partial charge is 0.239 e. The van der Waals surface area contributed by atoms with Gasteiger partial charge in [0.15, 0.2) is 11.6 Å². The minimum absolute atomic E-state index is 0.111. The molecular formula is C18H19N5O3. The number of likely N-dealkylation sites (tertiary alicyclic amines) is 1. The van der Waals surface area contributed by atoms with Crippen LogP contribution in [0.25, 0.3) is 11.3 Å². The van der Waals surface area contributed by atoms with Crippen molar-refractivity contribution in [1.29, 1.82) is 0 Å². The van der Waals surface area contributed by atoms with Gasteiger partial charge >= 0.3 is 0 Å².